The Morgan fingerprint density at radius 2 is 1.97 bits per heavy atom. The van der Waals surface area contributed by atoms with Gasteiger partial charge in [-0.2, -0.15) is 23.3 Å². The Morgan fingerprint density at radius 1 is 1.28 bits per heavy atom. The molecular weight excluding hydrogens is 427 g/mol. The number of hydrogen-bond acceptors (Lipinski definition) is 7. The molecule has 0 radical (unpaired) electrons. The zero-order valence-electron chi connectivity index (χ0n) is 19.1. The number of halogens is 3. The molecule has 32 heavy (non-hydrogen) atoms. The molecule has 0 aliphatic carbocycles. The molecule has 2 atom stereocenters. The number of fused-ring (bicyclic) bond motifs is 1. The lowest BCUT2D eigenvalue weighted by molar-refractivity contribution is -0.143. The Labute approximate surface area is 189 Å². The molecule has 2 aromatic rings. The summed E-state index contributed by atoms with van der Waals surface area (Å²) in [6, 6.07) is 0.952. The standard InChI is InChI=1S/C13H19N5O2.C5H5F3N2.C2H6.3H2/c1-7-10-11(18(3)8(2)12(19)16-10)17-13(14-7)15-9-4-5-20-6-9;1-10-4(2-3-9-10)5(6,7)8;1-2;;;/h8-9H,4-6H2,1-3H3,(H,16,19)(H,14,15,17);2-3H,1H3;1-2H3;3*1H/t8-,9+;;;;;/m0...../s1. The molecule has 0 bridgehead atoms. The van der Waals surface area contributed by atoms with Crippen LogP contribution in [-0.4, -0.2) is 58.0 Å². The normalized spacial score (nSPS) is 19.8. The van der Waals surface area contributed by atoms with Crippen LogP contribution < -0.4 is 15.5 Å². The molecule has 1 fully saturated rings. The summed E-state index contributed by atoms with van der Waals surface area (Å²) in [6.45, 7) is 9.19. The number of nitrogens with zero attached hydrogens (tertiary/aromatic N) is 5. The third-order valence-electron chi connectivity index (χ3n) is 4.99. The van der Waals surface area contributed by atoms with Crippen LogP contribution >= 0.6 is 0 Å². The second kappa shape index (κ2) is 10.6. The lowest BCUT2D eigenvalue weighted by atomic mass is 10.2. The van der Waals surface area contributed by atoms with Crippen molar-refractivity contribution in [2.24, 2.45) is 7.05 Å². The molecular formula is C20H36F3N7O2. The zero-order valence-corrected chi connectivity index (χ0v) is 19.1. The van der Waals surface area contributed by atoms with Crippen LogP contribution in [0.25, 0.3) is 0 Å². The van der Waals surface area contributed by atoms with E-state index in [4.69, 9.17) is 4.74 Å². The number of rotatable bonds is 2. The first-order chi connectivity index (χ1) is 15.1. The Balaban J connectivity index is 0. The molecule has 1 saturated heterocycles. The highest BCUT2D eigenvalue weighted by Gasteiger charge is 2.33. The fourth-order valence-electron chi connectivity index (χ4n) is 3.09. The summed E-state index contributed by atoms with van der Waals surface area (Å²) in [5, 5.41) is 9.54. The molecule has 4 rings (SSSR count). The molecule has 2 aliphatic rings. The topological polar surface area (TPSA) is 97.2 Å². The summed E-state index contributed by atoms with van der Waals surface area (Å²) in [7, 11) is 3.12. The molecule has 184 valence electrons. The predicted octanol–water partition coefficient (Wildman–Crippen LogP) is 3.97. The summed E-state index contributed by atoms with van der Waals surface area (Å²) in [4.78, 5) is 22.7. The van der Waals surface area contributed by atoms with Crippen LogP contribution in [0.2, 0.25) is 0 Å². The molecule has 2 N–H and O–H groups in total. The number of aromatic nitrogens is 4. The van der Waals surface area contributed by atoms with Gasteiger partial charge in [-0.3, -0.25) is 9.48 Å². The van der Waals surface area contributed by atoms with E-state index >= 15 is 0 Å². The summed E-state index contributed by atoms with van der Waals surface area (Å²) in [5.41, 5.74) is 0.736. The van der Waals surface area contributed by atoms with Crippen molar-refractivity contribution in [3.8, 4) is 0 Å². The number of carbonyl (C=O) groups excluding carboxylic acids is 1. The van der Waals surface area contributed by atoms with Crippen molar-refractivity contribution in [1.82, 2.24) is 19.7 Å². The number of aryl methyl sites for hydroxylation is 2. The van der Waals surface area contributed by atoms with E-state index in [-0.39, 0.29) is 22.3 Å². The molecule has 0 spiro atoms. The lowest BCUT2D eigenvalue weighted by Gasteiger charge is -2.32. The first-order valence-electron chi connectivity index (χ1n) is 10.4. The van der Waals surface area contributed by atoms with Crippen molar-refractivity contribution < 1.29 is 27.0 Å². The smallest absolute Gasteiger partial charge is 0.379 e. The summed E-state index contributed by atoms with van der Waals surface area (Å²) < 4.78 is 41.6. The van der Waals surface area contributed by atoms with E-state index in [1.54, 1.807) is 0 Å². The Bertz CT molecular complexity index is 926. The van der Waals surface area contributed by atoms with Crippen LogP contribution in [-0.2, 0) is 22.8 Å². The summed E-state index contributed by atoms with van der Waals surface area (Å²) >= 11 is 0. The quantitative estimate of drug-likeness (QED) is 0.696. The SMILES string of the molecule is CC.Cc1nc(N[C@@H]2CCOC2)nc2c1NC(=O)[C@H](C)N2C.Cn1nccc1C(F)(F)F.[HH].[HH].[HH]. The minimum atomic E-state index is -4.29. The van der Waals surface area contributed by atoms with Crippen LogP contribution in [0.15, 0.2) is 12.3 Å². The van der Waals surface area contributed by atoms with E-state index in [2.05, 4.69) is 25.7 Å². The lowest BCUT2D eigenvalue weighted by Crippen LogP contribution is -2.45. The van der Waals surface area contributed by atoms with E-state index < -0.39 is 11.9 Å². The largest absolute Gasteiger partial charge is 0.433 e. The van der Waals surface area contributed by atoms with Gasteiger partial charge in [0.25, 0.3) is 0 Å². The Kier molecular flexibility index (Phi) is 8.42. The molecule has 1 amide bonds. The van der Waals surface area contributed by atoms with Gasteiger partial charge in [-0.05, 0) is 26.3 Å². The molecule has 12 heteroatoms. The van der Waals surface area contributed by atoms with E-state index in [1.165, 1.54) is 7.05 Å². The molecule has 2 aromatic heterocycles. The minimum absolute atomic E-state index is 0. The van der Waals surface area contributed by atoms with Crippen molar-refractivity contribution in [3.05, 3.63) is 23.7 Å². The number of likely N-dealkylation sites (N-methyl/N-ethyl adjacent to an activating group) is 1. The third kappa shape index (κ3) is 5.87. The van der Waals surface area contributed by atoms with Crippen LogP contribution in [0.1, 0.15) is 42.9 Å². The number of hydrogen-bond donors (Lipinski definition) is 2. The predicted molar refractivity (Wildman–Crippen MR) is 122 cm³/mol. The fourth-order valence-corrected chi connectivity index (χ4v) is 3.09. The van der Waals surface area contributed by atoms with Gasteiger partial charge in [0, 0.05) is 31.2 Å². The highest BCUT2D eigenvalue weighted by molar-refractivity contribution is 6.03. The average Bonchev–Trinajstić information content (AvgIpc) is 3.41. The average molecular weight is 464 g/mol. The summed E-state index contributed by atoms with van der Waals surface area (Å²) in [5.74, 6) is 1.31. The van der Waals surface area contributed by atoms with Crippen LogP contribution in [0.3, 0.4) is 0 Å². The highest BCUT2D eigenvalue weighted by Crippen LogP contribution is 2.32. The maximum atomic E-state index is 11.8. The number of nitrogens with one attached hydrogen (secondary N) is 2. The first kappa shape index (κ1) is 25.4. The monoisotopic (exact) mass is 463 g/mol. The number of anilines is 3. The summed E-state index contributed by atoms with van der Waals surface area (Å²) in [6.07, 6.45) is -2.21. The van der Waals surface area contributed by atoms with Crippen LogP contribution in [0.5, 0.6) is 0 Å². The molecule has 2 aliphatic heterocycles. The molecule has 4 heterocycles. The van der Waals surface area contributed by atoms with Gasteiger partial charge in [0.15, 0.2) is 5.82 Å². The van der Waals surface area contributed by atoms with Gasteiger partial charge in [-0.1, -0.05) is 13.8 Å². The van der Waals surface area contributed by atoms with Crippen LogP contribution in [0, 0.1) is 6.92 Å². The van der Waals surface area contributed by atoms with Crippen molar-refractivity contribution in [3.63, 3.8) is 0 Å². The van der Waals surface area contributed by atoms with Gasteiger partial charge < -0.3 is 20.3 Å². The van der Waals surface area contributed by atoms with Gasteiger partial charge in [0.1, 0.15) is 17.4 Å². The number of alkyl halides is 3. The van der Waals surface area contributed by atoms with Gasteiger partial charge >= 0.3 is 6.18 Å². The van der Waals surface area contributed by atoms with E-state index in [1.807, 2.05) is 39.6 Å². The van der Waals surface area contributed by atoms with E-state index in [0.717, 1.165) is 41.5 Å². The van der Waals surface area contributed by atoms with Gasteiger partial charge in [-0.15, -0.1) is 0 Å². The third-order valence-corrected chi connectivity index (χ3v) is 4.99. The maximum Gasteiger partial charge on any atom is 0.433 e. The first-order valence-corrected chi connectivity index (χ1v) is 10.4. The van der Waals surface area contributed by atoms with E-state index in [0.29, 0.717) is 18.2 Å². The molecule has 0 unspecified atom stereocenters. The second-order valence-corrected chi connectivity index (χ2v) is 7.15. The Morgan fingerprint density at radius 3 is 2.47 bits per heavy atom. The second-order valence-electron chi connectivity index (χ2n) is 7.15. The Hall–Kier alpha value is -2.89. The zero-order chi connectivity index (χ0) is 24.1. The molecule has 0 saturated carbocycles. The van der Waals surface area contributed by atoms with Gasteiger partial charge in [0.2, 0.25) is 11.9 Å². The minimum Gasteiger partial charge on any atom is -0.379 e. The number of carbonyl (C=O) groups is 1. The maximum absolute atomic E-state index is 11.8. The highest BCUT2D eigenvalue weighted by atomic mass is 19.4. The van der Waals surface area contributed by atoms with E-state index in [9.17, 15) is 18.0 Å². The number of amides is 1. The van der Waals surface area contributed by atoms with Crippen molar-refractivity contribution >= 4 is 23.4 Å². The van der Waals surface area contributed by atoms with Gasteiger partial charge in [-0.25, -0.2) is 4.98 Å². The van der Waals surface area contributed by atoms with Crippen molar-refractivity contribution in [1.29, 1.82) is 0 Å². The fraction of sp³-hybridized carbons (Fsp3) is 0.600. The molecule has 0 aromatic carbocycles. The van der Waals surface area contributed by atoms with Crippen LogP contribution in [0.4, 0.5) is 30.6 Å². The number of ether oxygens (including phenoxy) is 1. The molecule has 9 nitrogen and oxygen atoms in total. The van der Waals surface area contributed by atoms with Crippen molar-refractivity contribution in [2.75, 3.05) is 35.8 Å². The van der Waals surface area contributed by atoms with Gasteiger partial charge in [0.05, 0.1) is 18.3 Å². The van der Waals surface area contributed by atoms with Crippen molar-refractivity contribution in [2.45, 2.75) is 52.4 Å².